The van der Waals surface area contributed by atoms with Gasteiger partial charge in [0, 0.05) is 16.4 Å². The molecule has 0 aliphatic rings. The van der Waals surface area contributed by atoms with Gasteiger partial charge in [-0.05, 0) is 42.8 Å². The number of rotatable bonds is 5. The molecule has 0 unspecified atom stereocenters. The zero-order valence-corrected chi connectivity index (χ0v) is 15.5. The van der Waals surface area contributed by atoms with Crippen LogP contribution in [0.4, 0.5) is 15.8 Å². The molecule has 2 aromatic rings. The Hall–Kier alpha value is -1.93. The maximum atomic E-state index is 13.7. The lowest BCUT2D eigenvalue weighted by Crippen LogP contribution is -2.22. The minimum absolute atomic E-state index is 0.0756. The third-order valence-corrected chi connectivity index (χ3v) is 4.89. The van der Waals surface area contributed by atoms with E-state index in [0.717, 1.165) is 11.8 Å². The van der Waals surface area contributed by atoms with Crippen LogP contribution in [0.2, 0.25) is 0 Å². The fourth-order valence-electron chi connectivity index (χ4n) is 1.98. The Morgan fingerprint density at radius 2 is 1.88 bits per heavy atom. The molecule has 0 bridgehead atoms. The molecule has 0 aliphatic carbocycles. The van der Waals surface area contributed by atoms with Gasteiger partial charge in [-0.1, -0.05) is 22.0 Å². The van der Waals surface area contributed by atoms with Gasteiger partial charge in [0.25, 0.3) is 0 Å². The van der Waals surface area contributed by atoms with Crippen LogP contribution < -0.4 is 10.6 Å². The number of carbonyl (C=O) groups is 1. The lowest BCUT2D eigenvalue weighted by atomic mass is 10.2. The molecule has 2 N–H and O–H groups in total. The van der Waals surface area contributed by atoms with Crippen LogP contribution in [-0.4, -0.2) is 27.1 Å². The first-order chi connectivity index (χ1) is 11.2. The third kappa shape index (κ3) is 4.78. The smallest absolute Gasteiger partial charge is 0.243 e. The van der Waals surface area contributed by atoms with Gasteiger partial charge in [0.1, 0.15) is 5.82 Å². The van der Waals surface area contributed by atoms with Gasteiger partial charge in [0.15, 0.2) is 9.84 Å². The molecule has 0 fully saturated rings. The van der Waals surface area contributed by atoms with Crippen LogP contribution in [0.1, 0.15) is 5.56 Å². The summed E-state index contributed by atoms with van der Waals surface area (Å²) in [5, 5.41) is 5.32. The first-order valence-electron chi connectivity index (χ1n) is 6.96. The van der Waals surface area contributed by atoms with E-state index in [1.165, 1.54) is 24.3 Å². The summed E-state index contributed by atoms with van der Waals surface area (Å²) in [6.07, 6.45) is 1.12. The highest BCUT2D eigenvalue weighted by Gasteiger charge is 2.11. The molecule has 2 aromatic carbocycles. The number of anilines is 2. The summed E-state index contributed by atoms with van der Waals surface area (Å²) in [5.41, 5.74) is 1.40. The van der Waals surface area contributed by atoms with E-state index in [2.05, 4.69) is 26.6 Å². The monoisotopic (exact) mass is 414 g/mol. The van der Waals surface area contributed by atoms with Gasteiger partial charge in [-0.2, -0.15) is 0 Å². The Bertz CT molecular complexity index is 885. The maximum Gasteiger partial charge on any atom is 0.243 e. The van der Waals surface area contributed by atoms with Crippen molar-refractivity contribution < 1.29 is 17.6 Å². The Balaban J connectivity index is 2.06. The maximum absolute atomic E-state index is 13.7. The van der Waals surface area contributed by atoms with E-state index in [1.54, 1.807) is 19.1 Å². The molecular formula is C16H16BrFN2O3S. The number of carbonyl (C=O) groups excluding carboxylic acids is 1. The van der Waals surface area contributed by atoms with Gasteiger partial charge in [0.05, 0.1) is 17.1 Å². The second kappa shape index (κ2) is 7.31. The molecule has 0 saturated heterocycles. The molecule has 5 nitrogen and oxygen atoms in total. The highest BCUT2D eigenvalue weighted by molar-refractivity contribution is 9.10. The Labute approximate surface area is 148 Å². The summed E-state index contributed by atoms with van der Waals surface area (Å²) >= 11 is 3.14. The number of halogens is 2. The molecule has 0 radical (unpaired) electrons. The van der Waals surface area contributed by atoms with E-state index in [1.807, 2.05) is 0 Å². The highest BCUT2D eigenvalue weighted by atomic mass is 79.9. The average Bonchev–Trinajstić information content (AvgIpc) is 2.48. The Morgan fingerprint density at radius 1 is 1.17 bits per heavy atom. The van der Waals surface area contributed by atoms with Crippen LogP contribution in [0, 0.1) is 12.7 Å². The quantitative estimate of drug-likeness (QED) is 0.786. The fraction of sp³-hybridized carbons (Fsp3) is 0.188. The van der Waals surface area contributed by atoms with Gasteiger partial charge < -0.3 is 10.6 Å². The van der Waals surface area contributed by atoms with Crippen molar-refractivity contribution in [3.05, 3.63) is 52.3 Å². The highest BCUT2D eigenvalue weighted by Crippen LogP contribution is 2.21. The summed E-state index contributed by atoms with van der Waals surface area (Å²) < 4.78 is 37.4. The molecule has 0 aromatic heterocycles. The number of benzene rings is 2. The van der Waals surface area contributed by atoms with Crippen molar-refractivity contribution in [2.45, 2.75) is 11.8 Å². The zero-order chi connectivity index (χ0) is 17.9. The molecule has 0 heterocycles. The first-order valence-corrected chi connectivity index (χ1v) is 9.65. The van der Waals surface area contributed by atoms with Crippen molar-refractivity contribution in [1.82, 2.24) is 0 Å². The molecule has 0 atom stereocenters. The SMILES string of the molecule is Cc1ccc(S(C)(=O)=O)cc1NCC(=O)Nc1ccc(Br)cc1F. The minimum atomic E-state index is -3.33. The fourth-order valence-corrected chi connectivity index (χ4v) is 2.96. The van der Waals surface area contributed by atoms with Crippen LogP contribution in [0.3, 0.4) is 0 Å². The summed E-state index contributed by atoms with van der Waals surface area (Å²) in [6.45, 7) is 1.67. The molecular weight excluding hydrogens is 399 g/mol. The van der Waals surface area contributed by atoms with E-state index >= 15 is 0 Å². The van der Waals surface area contributed by atoms with Gasteiger partial charge in [-0.15, -0.1) is 0 Å². The first kappa shape index (κ1) is 18.4. The normalized spacial score (nSPS) is 11.2. The Kier molecular flexibility index (Phi) is 5.61. The zero-order valence-electron chi connectivity index (χ0n) is 13.1. The van der Waals surface area contributed by atoms with Crippen molar-refractivity contribution in [2.75, 3.05) is 23.4 Å². The van der Waals surface area contributed by atoms with E-state index in [4.69, 9.17) is 0 Å². The van der Waals surface area contributed by atoms with Gasteiger partial charge in [0.2, 0.25) is 5.91 Å². The summed E-state index contributed by atoms with van der Waals surface area (Å²) in [4.78, 5) is 12.1. The lowest BCUT2D eigenvalue weighted by molar-refractivity contribution is -0.114. The van der Waals surface area contributed by atoms with E-state index < -0.39 is 21.6 Å². The molecule has 128 valence electrons. The number of hydrogen-bond donors (Lipinski definition) is 2. The number of amides is 1. The second-order valence-electron chi connectivity index (χ2n) is 5.27. The van der Waals surface area contributed by atoms with E-state index in [-0.39, 0.29) is 17.1 Å². The summed E-state index contributed by atoms with van der Waals surface area (Å²) in [6, 6.07) is 8.96. The number of nitrogens with one attached hydrogen (secondary N) is 2. The topological polar surface area (TPSA) is 75.3 Å². The predicted molar refractivity (Wildman–Crippen MR) is 95.5 cm³/mol. The lowest BCUT2D eigenvalue weighted by Gasteiger charge is -2.12. The molecule has 0 spiro atoms. The number of sulfone groups is 1. The van der Waals surface area contributed by atoms with Crippen molar-refractivity contribution in [2.24, 2.45) is 0 Å². The van der Waals surface area contributed by atoms with Crippen LogP contribution in [-0.2, 0) is 14.6 Å². The standard InChI is InChI=1S/C16H16BrFN2O3S/c1-10-3-5-12(24(2,22)23)8-15(10)19-9-16(21)20-14-6-4-11(17)7-13(14)18/h3-8,19H,9H2,1-2H3,(H,20,21). The van der Waals surface area contributed by atoms with Gasteiger partial charge >= 0.3 is 0 Å². The van der Waals surface area contributed by atoms with E-state index in [9.17, 15) is 17.6 Å². The van der Waals surface area contributed by atoms with Crippen LogP contribution in [0.15, 0.2) is 45.8 Å². The Morgan fingerprint density at radius 3 is 2.50 bits per heavy atom. The largest absolute Gasteiger partial charge is 0.376 e. The van der Waals surface area contributed by atoms with Crippen LogP contribution in [0.25, 0.3) is 0 Å². The van der Waals surface area contributed by atoms with Gasteiger partial charge in [-0.3, -0.25) is 4.79 Å². The molecule has 2 rings (SSSR count). The second-order valence-corrected chi connectivity index (χ2v) is 8.21. The minimum Gasteiger partial charge on any atom is -0.376 e. The molecule has 0 saturated carbocycles. The van der Waals surface area contributed by atoms with E-state index in [0.29, 0.717) is 10.2 Å². The summed E-state index contributed by atoms with van der Waals surface area (Å²) in [7, 11) is -3.33. The average molecular weight is 415 g/mol. The van der Waals surface area contributed by atoms with Crippen molar-refractivity contribution in [1.29, 1.82) is 0 Å². The van der Waals surface area contributed by atoms with Crippen molar-refractivity contribution in [3.63, 3.8) is 0 Å². The molecule has 8 heteroatoms. The molecule has 1 amide bonds. The van der Waals surface area contributed by atoms with Crippen molar-refractivity contribution >= 4 is 43.0 Å². The van der Waals surface area contributed by atoms with Crippen molar-refractivity contribution in [3.8, 4) is 0 Å². The molecule has 0 aliphatic heterocycles. The van der Waals surface area contributed by atoms with Crippen LogP contribution >= 0.6 is 15.9 Å². The number of hydrogen-bond acceptors (Lipinski definition) is 4. The number of aryl methyl sites for hydroxylation is 1. The van der Waals surface area contributed by atoms with Gasteiger partial charge in [-0.25, -0.2) is 12.8 Å². The molecule has 24 heavy (non-hydrogen) atoms. The van der Waals surface area contributed by atoms with Crippen LogP contribution in [0.5, 0.6) is 0 Å². The summed E-state index contributed by atoms with van der Waals surface area (Å²) in [5.74, 6) is -0.992. The predicted octanol–water partition coefficient (Wildman–Crippen LogP) is 3.35. The third-order valence-electron chi connectivity index (χ3n) is 3.28.